The van der Waals surface area contributed by atoms with Crippen LogP contribution in [-0.4, -0.2) is 57.3 Å². The topological polar surface area (TPSA) is 84.0 Å². The summed E-state index contributed by atoms with van der Waals surface area (Å²) in [5, 5.41) is 7.12. The Kier molecular flexibility index (Phi) is 5.43. The van der Waals surface area contributed by atoms with Gasteiger partial charge in [-0.1, -0.05) is 0 Å². The Morgan fingerprint density at radius 3 is 2.92 bits per heavy atom. The summed E-state index contributed by atoms with van der Waals surface area (Å²) in [6.45, 7) is 8.39. The van der Waals surface area contributed by atoms with Crippen molar-refractivity contribution in [2.24, 2.45) is 5.92 Å². The average Bonchev–Trinajstić information content (AvgIpc) is 2.78. The van der Waals surface area contributed by atoms with Crippen molar-refractivity contribution in [2.45, 2.75) is 33.6 Å². The number of hydrogen-bond donors (Lipinski definition) is 1. The van der Waals surface area contributed by atoms with Crippen LogP contribution in [0.25, 0.3) is 0 Å². The number of aromatic amines is 1. The first kappa shape index (κ1) is 17.5. The Balaban J connectivity index is 1.66. The molecular formula is C18H25N5O2. The summed E-state index contributed by atoms with van der Waals surface area (Å²) in [4.78, 5) is 23.2. The molecule has 0 bridgehead atoms. The molecule has 7 nitrogen and oxygen atoms in total. The molecule has 1 amide bonds. The van der Waals surface area contributed by atoms with E-state index in [1.165, 1.54) is 0 Å². The van der Waals surface area contributed by atoms with E-state index in [4.69, 9.17) is 4.74 Å². The molecule has 134 valence electrons. The number of carbonyl (C=O) groups excluding carboxylic acids is 1. The third-order valence-corrected chi connectivity index (χ3v) is 4.66. The molecule has 0 aromatic carbocycles. The highest BCUT2D eigenvalue weighted by Gasteiger charge is 2.24. The maximum absolute atomic E-state index is 12.8. The van der Waals surface area contributed by atoms with Gasteiger partial charge in [0.2, 0.25) is 5.91 Å². The van der Waals surface area contributed by atoms with E-state index in [1.54, 1.807) is 6.33 Å². The number of nitrogens with one attached hydrogen (secondary N) is 1. The van der Waals surface area contributed by atoms with Crippen LogP contribution in [0.15, 0.2) is 12.4 Å². The standard InChI is InChI=1S/C18H25N5O2/c1-12-6-16(20-11-19-12)7-15-9-23(4-5-25-10-15)18(24)8-17-13(2)21-22-14(17)3/h6,11,15H,4-5,7-10H2,1-3H3,(H,21,22)/t15-/m1/s1. The fourth-order valence-corrected chi connectivity index (χ4v) is 3.25. The summed E-state index contributed by atoms with van der Waals surface area (Å²) in [6.07, 6.45) is 2.76. The van der Waals surface area contributed by atoms with Gasteiger partial charge in [-0.05, 0) is 33.3 Å². The van der Waals surface area contributed by atoms with E-state index in [9.17, 15) is 4.79 Å². The highest BCUT2D eigenvalue weighted by molar-refractivity contribution is 5.79. The van der Waals surface area contributed by atoms with E-state index in [-0.39, 0.29) is 11.8 Å². The molecule has 1 atom stereocenters. The molecule has 25 heavy (non-hydrogen) atoms. The maximum atomic E-state index is 12.8. The number of hydrogen-bond acceptors (Lipinski definition) is 5. The number of amides is 1. The predicted octanol–water partition coefficient (Wildman–Crippen LogP) is 1.39. The van der Waals surface area contributed by atoms with E-state index in [0.29, 0.717) is 32.7 Å². The molecule has 2 aromatic heterocycles. The second kappa shape index (κ2) is 7.74. The number of aromatic nitrogens is 4. The number of nitrogens with zero attached hydrogens (tertiary/aromatic N) is 4. The number of rotatable bonds is 4. The average molecular weight is 343 g/mol. The molecule has 0 saturated carbocycles. The van der Waals surface area contributed by atoms with Crippen LogP contribution in [0.5, 0.6) is 0 Å². The lowest BCUT2D eigenvalue weighted by molar-refractivity contribution is -0.130. The first-order valence-electron chi connectivity index (χ1n) is 8.66. The number of ether oxygens (including phenoxy) is 1. The summed E-state index contributed by atoms with van der Waals surface area (Å²) in [7, 11) is 0. The summed E-state index contributed by atoms with van der Waals surface area (Å²) < 4.78 is 5.72. The van der Waals surface area contributed by atoms with Crippen molar-refractivity contribution in [2.75, 3.05) is 26.3 Å². The lowest BCUT2D eigenvalue weighted by Crippen LogP contribution is -2.37. The zero-order valence-electron chi connectivity index (χ0n) is 15.1. The number of aryl methyl sites for hydroxylation is 3. The maximum Gasteiger partial charge on any atom is 0.227 e. The minimum absolute atomic E-state index is 0.127. The van der Waals surface area contributed by atoms with Crippen molar-refractivity contribution in [3.05, 3.63) is 40.7 Å². The van der Waals surface area contributed by atoms with E-state index >= 15 is 0 Å². The third kappa shape index (κ3) is 4.42. The van der Waals surface area contributed by atoms with Gasteiger partial charge in [-0.15, -0.1) is 0 Å². The Labute approximate surface area is 147 Å². The monoisotopic (exact) mass is 343 g/mol. The minimum Gasteiger partial charge on any atom is -0.379 e. The quantitative estimate of drug-likeness (QED) is 0.907. The van der Waals surface area contributed by atoms with Gasteiger partial charge in [0.15, 0.2) is 0 Å². The van der Waals surface area contributed by atoms with Crippen LogP contribution in [-0.2, 0) is 22.4 Å². The van der Waals surface area contributed by atoms with Crippen LogP contribution in [0.3, 0.4) is 0 Å². The molecule has 0 spiro atoms. The van der Waals surface area contributed by atoms with Crippen LogP contribution in [0, 0.1) is 26.7 Å². The van der Waals surface area contributed by atoms with E-state index in [1.807, 2.05) is 31.7 Å². The van der Waals surface area contributed by atoms with Gasteiger partial charge >= 0.3 is 0 Å². The van der Waals surface area contributed by atoms with Crippen molar-refractivity contribution in [1.29, 1.82) is 0 Å². The van der Waals surface area contributed by atoms with Crippen LogP contribution >= 0.6 is 0 Å². The molecule has 0 radical (unpaired) electrons. The third-order valence-electron chi connectivity index (χ3n) is 4.66. The van der Waals surface area contributed by atoms with Gasteiger partial charge in [0.1, 0.15) is 6.33 Å². The SMILES string of the molecule is Cc1cc(C[C@H]2COCCN(C(=O)Cc3c(C)n[nH]c3C)C2)ncn1. The molecule has 1 aliphatic rings. The Morgan fingerprint density at radius 2 is 2.20 bits per heavy atom. The van der Waals surface area contributed by atoms with Gasteiger partial charge in [-0.2, -0.15) is 5.10 Å². The molecule has 2 aromatic rings. The number of carbonyl (C=O) groups is 1. The van der Waals surface area contributed by atoms with Crippen molar-refractivity contribution in [1.82, 2.24) is 25.1 Å². The van der Waals surface area contributed by atoms with Crippen LogP contribution in [0.4, 0.5) is 0 Å². The van der Waals surface area contributed by atoms with E-state index in [0.717, 1.165) is 34.8 Å². The van der Waals surface area contributed by atoms with Crippen molar-refractivity contribution < 1.29 is 9.53 Å². The second-order valence-corrected chi connectivity index (χ2v) is 6.72. The van der Waals surface area contributed by atoms with Gasteiger partial charge in [-0.25, -0.2) is 9.97 Å². The summed E-state index contributed by atoms with van der Waals surface area (Å²) >= 11 is 0. The zero-order chi connectivity index (χ0) is 17.8. The summed E-state index contributed by atoms with van der Waals surface area (Å²) in [6, 6.07) is 2.00. The van der Waals surface area contributed by atoms with Gasteiger partial charge in [0, 0.05) is 41.7 Å². The Hall–Kier alpha value is -2.28. The van der Waals surface area contributed by atoms with Crippen molar-refractivity contribution in [3.8, 4) is 0 Å². The fraction of sp³-hybridized carbons (Fsp3) is 0.556. The molecule has 1 aliphatic heterocycles. The first-order valence-corrected chi connectivity index (χ1v) is 8.66. The second-order valence-electron chi connectivity index (χ2n) is 6.72. The van der Waals surface area contributed by atoms with Gasteiger partial charge < -0.3 is 9.64 Å². The lowest BCUT2D eigenvalue weighted by atomic mass is 10.0. The molecular weight excluding hydrogens is 318 g/mol. The van der Waals surface area contributed by atoms with Crippen molar-refractivity contribution >= 4 is 5.91 Å². The van der Waals surface area contributed by atoms with E-state index in [2.05, 4.69) is 20.2 Å². The summed E-state index contributed by atoms with van der Waals surface area (Å²) in [5.41, 5.74) is 4.81. The molecule has 3 rings (SSSR count). The smallest absolute Gasteiger partial charge is 0.227 e. The van der Waals surface area contributed by atoms with Crippen molar-refractivity contribution in [3.63, 3.8) is 0 Å². The molecule has 3 heterocycles. The molecule has 1 saturated heterocycles. The fourth-order valence-electron chi connectivity index (χ4n) is 3.25. The highest BCUT2D eigenvalue weighted by atomic mass is 16.5. The van der Waals surface area contributed by atoms with Gasteiger partial charge in [0.05, 0.1) is 25.3 Å². The Bertz CT molecular complexity index is 723. The van der Waals surface area contributed by atoms with Crippen LogP contribution in [0.1, 0.15) is 28.3 Å². The van der Waals surface area contributed by atoms with E-state index < -0.39 is 0 Å². The summed E-state index contributed by atoms with van der Waals surface area (Å²) in [5.74, 6) is 0.370. The molecule has 1 N–H and O–H groups in total. The lowest BCUT2D eigenvalue weighted by Gasteiger charge is -2.23. The number of H-pyrrole nitrogens is 1. The minimum atomic E-state index is 0.127. The van der Waals surface area contributed by atoms with Gasteiger partial charge in [0.25, 0.3) is 0 Å². The highest BCUT2D eigenvalue weighted by Crippen LogP contribution is 2.16. The first-order chi connectivity index (χ1) is 12.0. The zero-order valence-corrected chi connectivity index (χ0v) is 15.1. The molecule has 0 unspecified atom stereocenters. The van der Waals surface area contributed by atoms with Crippen LogP contribution in [0.2, 0.25) is 0 Å². The predicted molar refractivity (Wildman–Crippen MR) is 93.1 cm³/mol. The Morgan fingerprint density at radius 1 is 1.36 bits per heavy atom. The van der Waals surface area contributed by atoms with Crippen LogP contribution < -0.4 is 0 Å². The largest absolute Gasteiger partial charge is 0.379 e. The normalized spacial score (nSPS) is 18.2. The molecule has 0 aliphatic carbocycles. The van der Waals surface area contributed by atoms with Gasteiger partial charge in [-0.3, -0.25) is 9.89 Å². The molecule has 7 heteroatoms. The molecule has 1 fully saturated rings.